The lowest BCUT2D eigenvalue weighted by Crippen LogP contribution is -2.60. The molecule has 5 rings (SSSR count). The number of tetrazole rings is 1. The van der Waals surface area contributed by atoms with Crippen LogP contribution in [-0.2, 0) is 4.79 Å². The zero-order chi connectivity index (χ0) is 26.5. The Morgan fingerprint density at radius 3 is 2.29 bits per heavy atom. The van der Waals surface area contributed by atoms with Gasteiger partial charge in [-0.05, 0) is 90.4 Å². The lowest BCUT2D eigenvalue weighted by Gasteiger charge is -2.45. The third-order valence-corrected chi connectivity index (χ3v) is 7.19. The molecule has 3 aromatic carbocycles. The van der Waals surface area contributed by atoms with Crippen LogP contribution in [0.3, 0.4) is 0 Å². The zero-order valence-electron chi connectivity index (χ0n) is 21.5. The van der Waals surface area contributed by atoms with E-state index in [1.807, 2.05) is 55.5 Å². The van der Waals surface area contributed by atoms with Gasteiger partial charge in [-0.3, -0.25) is 14.5 Å². The molecule has 0 aliphatic heterocycles. The maximum Gasteiger partial charge on any atom is 0.259 e. The molecule has 38 heavy (non-hydrogen) atoms. The van der Waals surface area contributed by atoms with Gasteiger partial charge in [0.05, 0.1) is 12.8 Å². The van der Waals surface area contributed by atoms with Gasteiger partial charge in [0.2, 0.25) is 0 Å². The Bertz CT molecular complexity index is 1400. The van der Waals surface area contributed by atoms with Crippen molar-refractivity contribution in [3.05, 3.63) is 90.3 Å². The van der Waals surface area contributed by atoms with Gasteiger partial charge in [-0.15, -0.1) is 5.10 Å². The van der Waals surface area contributed by atoms with E-state index >= 15 is 0 Å². The number of carbonyl (C=O) groups is 2. The molecule has 1 heterocycles. The smallest absolute Gasteiger partial charge is 0.259 e. The summed E-state index contributed by atoms with van der Waals surface area (Å²) in [6, 6.07) is 22.0. The minimum Gasteiger partial charge on any atom is -0.497 e. The molecule has 1 aromatic heterocycles. The fourth-order valence-electron chi connectivity index (χ4n) is 5.10. The monoisotopic (exact) mass is 510 g/mol. The van der Waals surface area contributed by atoms with Crippen LogP contribution in [-0.4, -0.2) is 44.7 Å². The van der Waals surface area contributed by atoms with Gasteiger partial charge in [0.1, 0.15) is 17.6 Å². The fraction of sp³-hybridized carbons (Fsp3) is 0.276. The van der Waals surface area contributed by atoms with E-state index in [4.69, 9.17) is 4.74 Å². The predicted molar refractivity (Wildman–Crippen MR) is 145 cm³/mol. The summed E-state index contributed by atoms with van der Waals surface area (Å²) in [7, 11) is 1.60. The summed E-state index contributed by atoms with van der Waals surface area (Å²) in [5, 5.41) is 14.4. The minimum absolute atomic E-state index is 0.180. The first kappa shape index (κ1) is 25.1. The summed E-state index contributed by atoms with van der Waals surface area (Å²) in [5.74, 6) is 0.246. The summed E-state index contributed by atoms with van der Waals surface area (Å²) in [6.07, 6.45) is 5.33. The lowest BCUT2D eigenvalue weighted by molar-refractivity contribution is -0.122. The Labute approximate surface area is 221 Å². The SMILES string of the molecule is COc1ccc(N(C(=O)c2ccc(-n3cnnn3)cc2)C2(C(=O)Nc3ccccc3C)CCCCC2)cc1. The maximum absolute atomic E-state index is 14.3. The third kappa shape index (κ3) is 4.87. The van der Waals surface area contributed by atoms with Gasteiger partial charge < -0.3 is 10.1 Å². The molecule has 1 N–H and O–H groups in total. The molecule has 9 heteroatoms. The van der Waals surface area contributed by atoms with E-state index in [0.29, 0.717) is 29.8 Å². The first-order valence-electron chi connectivity index (χ1n) is 12.7. The van der Waals surface area contributed by atoms with Crippen LogP contribution in [0.1, 0.15) is 48.0 Å². The van der Waals surface area contributed by atoms with Crippen molar-refractivity contribution in [2.75, 3.05) is 17.3 Å². The Balaban J connectivity index is 1.57. The Kier molecular flexibility index (Phi) is 7.17. The van der Waals surface area contributed by atoms with Crippen LogP contribution in [0, 0.1) is 6.92 Å². The first-order chi connectivity index (χ1) is 18.5. The van der Waals surface area contributed by atoms with Crippen molar-refractivity contribution in [3.8, 4) is 11.4 Å². The molecule has 0 atom stereocenters. The van der Waals surface area contributed by atoms with E-state index in [2.05, 4.69) is 20.8 Å². The molecule has 0 spiro atoms. The number of aryl methyl sites for hydroxylation is 1. The number of para-hydroxylation sites is 1. The second kappa shape index (κ2) is 10.8. The summed E-state index contributed by atoms with van der Waals surface area (Å²) in [4.78, 5) is 30.1. The highest BCUT2D eigenvalue weighted by Gasteiger charge is 2.48. The van der Waals surface area contributed by atoms with Crippen LogP contribution < -0.4 is 15.0 Å². The predicted octanol–water partition coefficient (Wildman–Crippen LogP) is 4.97. The molecule has 0 radical (unpaired) electrons. The molecular weight excluding hydrogens is 480 g/mol. The van der Waals surface area contributed by atoms with Crippen LogP contribution in [0.2, 0.25) is 0 Å². The standard InChI is InChI=1S/C29H30N6O3/c1-21-8-4-5-9-26(21)31-28(37)29(18-6-3-7-19-29)35(24-14-16-25(38-2)17-15-24)27(36)22-10-12-23(13-11-22)34-20-30-32-33-34/h4-5,8-17,20H,3,6-7,18-19H2,1-2H3,(H,31,37). The Morgan fingerprint density at radius 1 is 0.947 bits per heavy atom. The average molecular weight is 511 g/mol. The highest BCUT2D eigenvalue weighted by atomic mass is 16.5. The second-order valence-electron chi connectivity index (χ2n) is 9.50. The number of nitrogens with one attached hydrogen (secondary N) is 1. The van der Waals surface area contributed by atoms with Crippen molar-refractivity contribution in [1.82, 2.24) is 20.2 Å². The van der Waals surface area contributed by atoms with Gasteiger partial charge in [0, 0.05) is 16.9 Å². The lowest BCUT2D eigenvalue weighted by atomic mass is 9.78. The van der Waals surface area contributed by atoms with Gasteiger partial charge in [0.15, 0.2) is 0 Å². The van der Waals surface area contributed by atoms with Crippen LogP contribution in [0.25, 0.3) is 5.69 Å². The molecule has 1 fully saturated rings. The van der Waals surface area contributed by atoms with Gasteiger partial charge in [-0.2, -0.15) is 0 Å². The van der Waals surface area contributed by atoms with E-state index in [-0.39, 0.29) is 11.8 Å². The third-order valence-electron chi connectivity index (χ3n) is 7.19. The van der Waals surface area contributed by atoms with Crippen molar-refractivity contribution < 1.29 is 14.3 Å². The highest BCUT2D eigenvalue weighted by Crippen LogP contribution is 2.40. The van der Waals surface area contributed by atoms with E-state index < -0.39 is 5.54 Å². The van der Waals surface area contributed by atoms with E-state index in [0.717, 1.165) is 36.2 Å². The van der Waals surface area contributed by atoms with E-state index in [1.165, 1.54) is 11.0 Å². The summed E-state index contributed by atoms with van der Waals surface area (Å²) >= 11 is 0. The number of anilines is 2. The van der Waals surface area contributed by atoms with Crippen molar-refractivity contribution in [3.63, 3.8) is 0 Å². The number of benzene rings is 3. The fourth-order valence-corrected chi connectivity index (χ4v) is 5.10. The number of aromatic nitrogens is 4. The molecule has 9 nitrogen and oxygen atoms in total. The highest BCUT2D eigenvalue weighted by molar-refractivity contribution is 6.14. The quantitative estimate of drug-likeness (QED) is 0.377. The number of hydrogen-bond donors (Lipinski definition) is 1. The molecule has 0 unspecified atom stereocenters. The molecule has 1 saturated carbocycles. The summed E-state index contributed by atoms with van der Waals surface area (Å²) < 4.78 is 6.87. The largest absolute Gasteiger partial charge is 0.497 e. The minimum atomic E-state index is -1.05. The molecule has 0 bridgehead atoms. The van der Waals surface area contributed by atoms with E-state index in [1.54, 1.807) is 36.3 Å². The first-order valence-corrected chi connectivity index (χ1v) is 12.7. The van der Waals surface area contributed by atoms with Crippen molar-refractivity contribution in [2.45, 2.75) is 44.6 Å². The van der Waals surface area contributed by atoms with Gasteiger partial charge in [-0.1, -0.05) is 37.5 Å². The number of hydrogen-bond acceptors (Lipinski definition) is 6. The zero-order valence-corrected chi connectivity index (χ0v) is 21.5. The molecule has 4 aromatic rings. The van der Waals surface area contributed by atoms with Gasteiger partial charge in [-0.25, -0.2) is 4.68 Å². The normalized spacial score (nSPS) is 14.5. The Hall–Kier alpha value is -4.53. The molecule has 194 valence electrons. The van der Waals surface area contributed by atoms with Crippen LogP contribution in [0.5, 0.6) is 5.75 Å². The number of methoxy groups -OCH3 is 1. The molecule has 0 saturated heterocycles. The second-order valence-corrected chi connectivity index (χ2v) is 9.50. The molecular formula is C29H30N6O3. The molecule has 2 amide bonds. The summed E-state index contributed by atoms with van der Waals surface area (Å²) in [5.41, 5.74) is 2.49. The van der Waals surface area contributed by atoms with Crippen molar-refractivity contribution in [2.24, 2.45) is 0 Å². The van der Waals surface area contributed by atoms with Gasteiger partial charge >= 0.3 is 0 Å². The molecule has 1 aliphatic rings. The van der Waals surface area contributed by atoms with Crippen LogP contribution >= 0.6 is 0 Å². The van der Waals surface area contributed by atoms with Crippen molar-refractivity contribution >= 4 is 23.2 Å². The Morgan fingerprint density at radius 2 is 1.66 bits per heavy atom. The van der Waals surface area contributed by atoms with Crippen LogP contribution in [0.15, 0.2) is 79.1 Å². The topological polar surface area (TPSA) is 102 Å². The summed E-state index contributed by atoms with van der Waals surface area (Å²) in [6.45, 7) is 1.96. The van der Waals surface area contributed by atoms with E-state index in [9.17, 15) is 9.59 Å². The average Bonchev–Trinajstić information content (AvgIpc) is 3.50. The van der Waals surface area contributed by atoms with Gasteiger partial charge in [0.25, 0.3) is 11.8 Å². The number of rotatable bonds is 7. The van der Waals surface area contributed by atoms with Crippen molar-refractivity contribution in [1.29, 1.82) is 0 Å². The number of amides is 2. The molecule has 1 aliphatic carbocycles. The maximum atomic E-state index is 14.3. The number of nitrogens with zero attached hydrogens (tertiary/aromatic N) is 5. The van der Waals surface area contributed by atoms with Crippen LogP contribution in [0.4, 0.5) is 11.4 Å². The number of ether oxygens (including phenoxy) is 1. The number of carbonyl (C=O) groups excluding carboxylic acids is 2.